The molecule has 0 spiro atoms. The maximum atomic E-state index is 12.1. The van der Waals surface area contributed by atoms with Crippen LogP contribution < -0.4 is 14.8 Å². The Balaban J connectivity index is 0.00000432. The van der Waals surface area contributed by atoms with Gasteiger partial charge >= 0.3 is 7.82 Å². The second kappa shape index (κ2) is 13.8. The Morgan fingerprint density at radius 3 is 2.34 bits per heavy atom. The summed E-state index contributed by atoms with van der Waals surface area (Å²) in [6.45, 7) is -0.238. The average molecular weight is 548 g/mol. The zero-order chi connectivity index (χ0) is 24.6. The van der Waals surface area contributed by atoms with E-state index >= 15 is 0 Å². The van der Waals surface area contributed by atoms with Crippen LogP contribution in [0.3, 0.4) is 0 Å². The maximum Gasteiger partial charge on any atom is 0.476 e. The first-order valence-corrected chi connectivity index (χ1v) is 12.5. The molecule has 0 saturated carbocycles. The number of carbonyl (C=O) groups is 2. The van der Waals surface area contributed by atoms with Crippen LogP contribution in [0, 0.1) is 0 Å². The van der Waals surface area contributed by atoms with Crippen molar-refractivity contribution in [3.8, 4) is 11.5 Å². The van der Waals surface area contributed by atoms with Gasteiger partial charge in [0.1, 0.15) is 24.2 Å². The summed E-state index contributed by atoms with van der Waals surface area (Å²) in [5.74, 6) is 0.950. The third kappa shape index (κ3) is 8.50. The van der Waals surface area contributed by atoms with Crippen molar-refractivity contribution in [2.45, 2.75) is 17.8 Å². The van der Waals surface area contributed by atoms with Gasteiger partial charge in [0.25, 0.3) is 5.24 Å². The lowest BCUT2D eigenvalue weighted by Gasteiger charge is -2.21. The lowest BCUT2D eigenvalue weighted by atomic mass is 10.1. The molecule has 13 heteroatoms. The number of hydrogen-bond donors (Lipinski definition) is 1. The minimum Gasteiger partial charge on any atom is -0.497 e. The van der Waals surface area contributed by atoms with E-state index in [-0.39, 0.29) is 37.0 Å². The quantitative estimate of drug-likeness (QED) is 0.283. The largest absolute Gasteiger partial charge is 0.497 e. The van der Waals surface area contributed by atoms with E-state index in [2.05, 4.69) is 5.32 Å². The maximum absolute atomic E-state index is 12.1. The SMILES string of the molecule is COc1cccc(C(COc2ccc(CC3SC(=O)NC3=O)cc2)OCOP(=O)(OC)OC)c1.Cl. The normalized spacial score (nSPS) is 16.4. The molecule has 3 rings (SSSR count). The third-order valence-electron chi connectivity index (χ3n) is 4.91. The van der Waals surface area contributed by atoms with Gasteiger partial charge in [-0.1, -0.05) is 36.0 Å². The highest BCUT2D eigenvalue weighted by molar-refractivity contribution is 8.15. The molecule has 1 fully saturated rings. The van der Waals surface area contributed by atoms with Gasteiger partial charge < -0.3 is 14.2 Å². The molecular formula is C22H27ClNO9PS. The second-order valence-electron chi connectivity index (χ2n) is 7.03. The van der Waals surface area contributed by atoms with Crippen LogP contribution in [-0.2, 0) is 34.1 Å². The summed E-state index contributed by atoms with van der Waals surface area (Å²) in [6, 6.07) is 14.5. The summed E-state index contributed by atoms with van der Waals surface area (Å²) in [6.07, 6.45) is -0.143. The zero-order valence-electron chi connectivity index (χ0n) is 19.3. The van der Waals surface area contributed by atoms with E-state index in [1.54, 1.807) is 31.4 Å². The molecule has 1 N–H and O–H groups in total. The number of nitrogens with one attached hydrogen (secondary N) is 1. The van der Waals surface area contributed by atoms with E-state index < -0.39 is 19.2 Å². The first-order chi connectivity index (χ1) is 16.4. The van der Waals surface area contributed by atoms with Gasteiger partial charge in [-0.3, -0.25) is 28.5 Å². The molecule has 1 aliphatic rings. The highest BCUT2D eigenvalue weighted by Crippen LogP contribution is 2.47. The van der Waals surface area contributed by atoms with Crippen molar-refractivity contribution in [3.05, 3.63) is 59.7 Å². The van der Waals surface area contributed by atoms with Crippen molar-refractivity contribution in [1.82, 2.24) is 5.32 Å². The van der Waals surface area contributed by atoms with Crippen molar-refractivity contribution < 1.29 is 41.9 Å². The van der Waals surface area contributed by atoms with Gasteiger partial charge in [-0.15, -0.1) is 12.4 Å². The number of carbonyl (C=O) groups excluding carboxylic acids is 2. The Labute approximate surface area is 214 Å². The third-order valence-corrected chi connectivity index (χ3v) is 7.20. The monoisotopic (exact) mass is 547 g/mol. The number of thioether (sulfide) groups is 1. The Morgan fingerprint density at radius 1 is 1.03 bits per heavy atom. The fourth-order valence-electron chi connectivity index (χ4n) is 3.07. The van der Waals surface area contributed by atoms with Crippen LogP contribution in [0.25, 0.3) is 0 Å². The van der Waals surface area contributed by atoms with Gasteiger partial charge in [0.15, 0.2) is 6.79 Å². The highest BCUT2D eigenvalue weighted by Gasteiger charge is 2.31. The summed E-state index contributed by atoms with van der Waals surface area (Å²) < 4.78 is 43.7. The lowest BCUT2D eigenvalue weighted by molar-refractivity contribution is -0.118. The molecule has 1 aliphatic heterocycles. The van der Waals surface area contributed by atoms with Gasteiger partial charge in [0.2, 0.25) is 5.91 Å². The van der Waals surface area contributed by atoms with Crippen LogP contribution in [0.15, 0.2) is 48.5 Å². The van der Waals surface area contributed by atoms with Crippen LogP contribution in [0.5, 0.6) is 11.5 Å². The summed E-state index contributed by atoms with van der Waals surface area (Å²) in [7, 11) is 0.302. The standard InChI is InChI=1S/C22H26NO9PS.ClH/c1-27-18-6-4-5-16(12-18)19(31-14-32-33(26,28-2)29-3)13-30-17-9-7-15(8-10-17)11-20-21(24)23-22(25)34-20;/h4-10,12,19-20H,11,13-14H2,1-3H3,(H,23,24,25);1H. The van der Waals surface area contributed by atoms with Crippen molar-refractivity contribution in [2.75, 3.05) is 34.7 Å². The van der Waals surface area contributed by atoms with Crippen LogP contribution in [0.2, 0.25) is 0 Å². The number of amides is 2. The van der Waals surface area contributed by atoms with Crippen LogP contribution in [0.1, 0.15) is 17.2 Å². The molecular weight excluding hydrogens is 521 g/mol. The molecule has 2 unspecified atom stereocenters. The molecule has 2 aromatic rings. The molecule has 192 valence electrons. The van der Waals surface area contributed by atoms with Gasteiger partial charge in [0.05, 0.1) is 12.4 Å². The molecule has 0 aliphatic carbocycles. The lowest BCUT2D eigenvalue weighted by Crippen LogP contribution is -2.25. The van der Waals surface area contributed by atoms with E-state index in [1.165, 1.54) is 14.2 Å². The fourth-order valence-corrected chi connectivity index (χ4v) is 4.48. The summed E-state index contributed by atoms with van der Waals surface area (Å²) in [4.78, 5) is 23.1. The van der Waals surface area contributed by atoms with Gasteiger partial charge in [-0.05, 0) is 41.8 Å². The second-order valence-corrected chi connectivity index (χ2v) is 10.1. The first-order valence-electron chi connectivity index (χ1n) is 10.2. The predicted octanol–water partition coefficient (Wildman–Crippen LogP) is 4.52. The number of ether oxygens (including phenoxy) is 3. The van der Waals surface area contributed by atoms with E-state index in [0.717, 1.165) is 22.9 Å². The number of phosphoric ester groups is 1. The molecule has 10 nitrogen and oxygen atoms in total. The van der Waals surface area contributed by atoms with Crippen molar-refractivity contribution >= 4 is 43.1 Å². The number of methoxy groups -OCH3 is 1. The van der Waals surface area contributed by atoms with E-state index in [4.69, 9.17) is 27.8 Å². The fraction of sp³-hybridized carbons (Fsp3) is 0.364. The van der Waals surface area contributed by atoms with E-state index in [0.29, 0.717) is 17.9 Å². The van der Waals surface area contributed by atoms with E-state index in [1.807, 2.05) is 24.3 Å². The Bertz CT molecular complexity index is 1030. The highest BCUT2D eigenvalue weighted by atomic mass is 35.5. The number of benzene rings is 2. The molecule has 1 saturated heterocycles. The average Bonchev–Trinajstić information content (AvgIpc) is 3.18. The molecule has 1 heterocycles. The summed E-state index contributed by atoms with van der Waals surface area (Å²) in [5.41, 5.74) is 1.66. The predicted molar refractivity (Wildman–Crippen MR) is 132 cm³/mol. The van der Waals surface area contributed by atoms with Crippen LogP contribution in [-0.4, -0.2) is 51.1 Å². The molecule has 0 radical (unpaired) electrons. The molecule has 2 aromatic carbocycles. The smallest absolute Gasteiger partial charge is 0.476 e. The summed E-state index contributed by atoms with van der Waals surface area (Å²) >= 11 is 0.993. The Hall–Kier alpha value is -2.11. The molecule has 2 amide bonds. The minimum absolute atomic E-state index is 0. The number of halogens is 1. The molecule has 0 aromatic heterocycles. The molecule has 0 bridgehead atoms. The van der Waals surface area contributed by atoms with Crippen LogP contribution in [0.4, 0.5) is 4.79 Å². The zero-order valence-corrected chi connectivity index (χ0v) is 21.9. The summed E-state index contributed by atoms with van der Waals surface area (Å²) in [5, 5.41) is 1.53. The van der Waals surface area contributed by atoms with Crippen LogP contribution >= 0.6 is 32.0 Å². The first kappa shape index (κ1) is 29.1. The topological polar surface area (TPSA) is 119 Å². The number of rotatable bonds is 13. The number of imide groups is 1. The van der Waals surface area contributed by atoms with E-state index in [9.17, 15) is 14.2 Å². The van der Waals surface area contributed by atoms with Crippen molar-refractivity contribution in [3.63, 3.8) is 0 Å². The van der Waals surface area contributed by atoms with Gasteiger partial charge in [-0.25, -0.2) is 4.57 Å². The van der Waals surface area contributed by atoms with Gasteiger partial charge in [-0.2, -0.15) is 0 Å². The Morgan fingerprint density at radius 2 is 1.74 bits per heavy atom. The molecule has 35 heavy (non-hydrogen) atoms. The molecule has 2 atom stereocenters. The van der Waals surface area contributed by atoms with Gasteiger partial charge in [0, 0.05) is 14.2 Å². The number of phosphoric acid groups is 1. The number of hydrogen-bond acceptors (Lipinski definition) is 10. The van der Waals surface area contributed by atoms with Crippen molar-refractivity contribution in [2.24, 2.45) is 0 Å². The van der Waals surface area contributed by atoms with Crippen molar-refractivity contribution in [1.29, 1.82) is 0 Å². The minimum atomic E-state index is -3.69. The Kier molecular flexibility index (Phi) is 11.5.